The Bertz CT molecular complexity index is 510. The van der Waals surface area contributed by atoms with E-state index in [0.29, 0.717) is 29.6 Å². The first-order valence-electron chi connectivity index (χ1n) is 6.26. The Labute approximate surface area is 131 Å². The second kappa shape index (κ2) is 7.56. The molecule has 1 aromatic rings. The maximum Gasteiger partial charge on any atom is 0.261 e. The van der Waals surface area contributed by atoms with E-state index in [0.717, 1.165) is 17.3 Å². The van der Waals surface area contributed by atoms with Crippen molar-refractivity contribution in [3.8, 4) is 5.75 Å². The van der Waals surface area contributed by atoms with E-state index >= 15 is 0 Å². The fourth-order valence-electron chi connectivity index (χ4n) is 1.72. The van der Waals surface area contributed by atoms with Crippen molar-refractivity contribution in [3.05, 3.63) is 28.2 Å². The molecule has 1 heterocycles. The molecule has 0 unspecified atom stereocenters. The van der Waals surface area contributed by atoms with Crippen LogP contribution >= 0.6 is 28.1 Å². The molecular weight excluding hydrogens is 344 g/mol. The Balaban J connectivity index is 2.20. The molecular formula is C13H15BrN2O3S. The number of hydrogen-bond acceptors (Lipinski definition) is 4. The van der Waals surface area contributed by atoms with Gasteiger partial charge in [0.15, 0.2) is 11.9 Å². The number of nitrogens with one attached hydrogen (secondary N) is 2. The molecule has 108 valence electrons. The number of halogens is 1. The summed E-state index contributed by atoms with van der Waals surface area (Å²) in [6.07, 6.45) is 1.81. The third-order valence-electron chi connectivity index (χ3n) is 2.71. The lowest BCUT2D eigenvalue weighted by Crippen LogP contribution is -2.39. The lowest BCUT2D eigenvalue weighted by molar-refractivity contribution is 0.0134. The van der Waals surface area contributed by atoms with Crippen LogP contribution in [0, 0.1) is 0 Å². The Morgan fingerprint density at radius 2 is 2.15 bits per heavy atom. The maximum absolute atomic E-state index is 12.2. The molecule has 2 N–H and O–H groups in total. The number of ether oxygens (including phenoxy) is 2. The summed E-state index contributed by atoms with van der Waals surface area (Å²) < 4.78 is 11.7. The second-order valence-corrected chi connectivity index (χ2v) is 5.55. The zero-order valence-electron chi connectivity index (χ0n) is 10.8. The van der Waals surface area contributed by atoms with Crippen LogP contribution in [0.4, 0.5) is 0 Å². The highest BCUT2D eigenvalue weighted by Crippen LogP contribution is 2.23. The van der Waals surface area contributed by atoms with E-state index in [9.17, 15) is 4.79 Å². The van der Waals surface area contributed by atoms with E-state index in [4.69, 9.17) is 21.7 Å². The third kappa shape index (κ3) is 4.43. The van der Waals surface area contributed by atoms with Gasteiger partial charge in [-0.25, -0.2) is 0 Å². The molecule has 0 saturated carbocycles. The minimum Gasteiger partial charge on any atom is -0.467 e. The summed E-state index contributed by atoms with van der Waals surface area (Å²) >= 11 is 8.42. The number of thiocarbonyl (C=S) groups is 1. The normalized spacial score (nSPS) is 17.4. The SMILES string of the molecule is O=C1NC(=S)NCCCCOCOc2ccc(Br)cc21. The molecule has 0 saturated heterocycles. The van der Waals surface area contributed by atoms with Gasteiger partial charge in [-0.3, -0.25) is 10.1 Å². The fraction of sp³-hybridized carbons (Fsp3) is 0.385. The van der Waals surface area contributed by atoms with Gasteiger partial charge >= 0.3 is 0 Å². The molecule has 0 aliphatic carbocycles. The lowest BCUT2D eigenvalue weighted by atomic mass is 10.2. The van der Waals surface area contributed by atoms with Crippen molar-refractivity contribution >= 4 is 39.2 Å². The van der Waals surface area contributed by atoms with Gasteiger partial charge in [0.2, 0.25) is 0 Å². The monoisotopic (exact) mass is 358 g/mol. The number of carbonyl (C=O) groups excluding carboxylic acids is 1. The number of benzene rings is 1. The summed E-state index contributed by atoms with van der Waals surface area (Å²) in [4.78, 5) is 12.2. The van der Waals surface area contributed by atoms with Crippen molar-refractivity contribution in [2.75, 3.05) is 19.9 Å². The van der Waals surface area contributed by atoms with Crippen LogP contribution in [0.15, 0.2) is 22.7 Å². The van der Waals surface area contributed by atoms with Crippen molar-refractivity contribution in [2.45, 2.75) is 12.8 Å². The number of fused-ring (bicyclic) bond motifs is 1. The van der Waals surface area contributed by atoms with E-state index in [1.165, 1.54) is 0 Å². The Morgan fingerprint density at radius 1 is 1.30 bits per heavy atom. The molecule has 20 heavy (non-hydrogen) atoms. The van der Waals surface area contributed by atoms with Crippen LogP contribution in [-0.2, 0) is 4.74 Å². The predicted molar refractivity (Wildman–Crippen MR) is 82.9 cm³/mol. The van der Waals surface area contributed by atoms with Crippen LogP contribution in [0.2, 0.25) is 0 Å². The molecule has 0 fully saturated rings. The van der Waals surface area contributed by atoms with Crippen LogP contribution in [0.5, 0.6) is 5.75 Å². The fourth-order valence-corrected chi connectivity index (χ4v) is 2.27. The first-order chi connectivity index (χ1) is 9.66. The topological polar surface area (TPSA) is 59.6 Å². The average molecular weight is 359 g/mol. The van der Waals surface area contributed by atoms with Gasteiger partial charge in [0.1, 0.15) is 5.75 Å². The summed E-state index contributed by atoms with van der Waals surface area (Å²) in [7, 11) is 0. The van der Waals surface area contributed by atoms with E-state index < -0.39 is 0 Å². The molecule has 0 atom stereocenters. The van der Waals surface area contributed by atoms with Crippen molar-refractivity contribution in [1.29, 1.82) is 0 Å². The highest BCUT2D eigenvalue weighted by atomic mass is 79.9. The highest BCUT2D eigenvalue weighted by Gasteiger charge is 2.15. The van der Waals surface area contributed by atoms with Crippen molar-refractivity contribution < 1.29 is 14.3 Å². The molecule has 7 heteroatoms. The highest BCUT2D eigenvalue weighted by molar-refractivity contribution is 9.10. The molecule has 0 bridgehead atoms. The summed E-state index contributed by atoms with van der Waals surface area (Å²) in [5, 5.41) is 5.95. The molecule has 1 aliphatic rings. The van der Waals surface area contributed by atoms with Gasteiger partial charge in [0, 0.05) is 11.0 Å². The quantitative estimate of drug-likeness (QED) is 0.696. The van der Waals surface area contributed by atoms with Gasteiger partial charge < -0.3 is 14.8 Å². The summed E-state index contributed by atoms with van der Waals surface area (Å²) in [5.41, 5.74) is 0.409. The standard InChI is InChI=1S/C13H15BrN2O3S/c14-9-3-4-11-10(7-9)12(17)16-13(20)15-5-1-2-6-18-8-19-11/h3-4,7H,1-2,5-6,8H2,(H2,15,16,17,20). The van der Waals surface area contributed by atoms with Gasteiger partial charge in [-0.15, -0.1) is 0 Å². The van der Waals surface area contributed by atoms with E-state index in [1.807, 2.05) is 0 Å². The van der Waals surface area contributed by atoms with Crippen LogP contribution < -0.4 is 15.4 Å². The van der Waals surface area contributed by atoms with Gasteiger partial charge in [-0.05, 0) is 43.3 Å². The smallest absolute Gasteiger partial charge is 0.261 e. The number of rotatable bonds is 0. The van der Waals surface area contributed by atoms with Crippen LogP contribution in [-0.4, -0.2) is 31.0 Å². The molecule has 0 radical (unpaired) electrons. The minimum absolute atomic E-state index is 0.125. The van der Waals surface area contributed by atoms with Crippen LogP contribution in [0.25, 0.3) is 0 Å². The van der Waals surface area contributed by atoms with Gasteiger partial charge in [-0.2, -0.15) is 0 Å². The number of amides is 1. The van der Waals surface area contributed by atoms with Gasteiger partial charge in [0.05, 0.1) is 12.2 Å². The lowest BCUT2D eigenvalue weighted by Gasteiger charge is -2.12. The van der Waals surface area contributed by atoms with Gasteiger partial charge in [0.25, 0.3) is 5.91 Å². The second-order valence-electron chi connectivity index (χ2n) is 4.23. The molecule has 0 aromatic heterocycles. The average Bonchev–Trinajstić information content (AvgIpc) is 2.43. The largest absolute Gasteiger partial charge is 0.467 e. The van der Waals surface area contributed by atoms with E-state index in [1.54, 1.807) is 18.2 Å². The van der Waals surface area contributed by atoms with E-state index in [2.05, 4.69) is 26.6 Å². The van der Waals surface area contributed by atoms with Crippen molar-refractivity contribution in [3.63, 3.8) is 0 Å². The Morgan fingerprint density at radius 3 is 3.00 bits per heavy atom. The zero-order chi connectivity index (χ0) is 14.4. The molecule has 0 spiro atoms. The molecule has 1 amide bonds. The summed E-state index contributed by atoms with van der Waals surface area (Å²) in [6, 6.07) is 5.21. The Hall–Kier alpha value is -1.18. The molecule has 1 aromatic carbocycles. The maximum atomic E-state index is 12.2. The van der Waals surface area contributed by atoms with E-state index in [-0.39, 0.29) is 12.7 Å². The van der Waals surface area contributed by atoms with Crippen molar-refractivity contribution in [1.82, 2.24) is 10.6 Å². The van der Waals surface area contributed by atoms with Crippen LogP contribution in [0.3, 0.4) is 0 Å². The Kier molecular flexibility index (Phi) is 5.75. The summed E-state index contributed by atoms with van der Waals surface area (Å²) in [5.74, 6) is 0.158. The predicted octanol–water partition coefficient (Wildman–Crippen LogP) is 2.20. The zero-order valence-corrected chi connectivity index (χ0v) is 13.2. The first-order valence-corrected chi connectivity index (χ1v) is 7.46. The third-order valence-corrected chi connectivity index (χ3v) is 3.45. The molecule has 1 aliphatic heterocycles. The number of hydrogen-bond donors (Lipinski definition) is 2. The minimum atomic E-state index is -0.307. The first kappa shape index (κ1) is 15.2. The van der Waals surface area contributed by atoms with Crippen LogP contribution in [0.1, 0.15) is 23.2 Å². The van der Waals surface area contributed by atoms with Gasteiger partial charge in [-0.1, -0.05) is 15.9 Å². The number of carbonyl (C=O) groups is 1. The van der Waals surface area contributed by atoms with Crippen molar-refractivity contribution in [2.24, 2.45) is 0 Å². The summed E-state index contributed by atoms with van der Waals surface area (Å²) in [6.45, 7) is 1.44. The molecule has 5 nitrogen and oxygen atoms in total. The molecule has 2 rings (SSSR count).